The van der Waals surface area contributed by atoms with E-state index in [1.54, 1.807) is 30.3 Å². The molecule has 4 unspecified atom stereocenters. The maximum atomic E-state index is 13.0. The predicted molar refractivity (Wildman–Crippen MR) is 132 cm³/mol. The number of carboxylic acids is 2. The van der Waals surface area contributed by atoms with Crippen LogP contribution in [0.5, 0.6) is 0 Å². The summed E-state index contributed by atoms with van der Waals surface area (Å²) < 4.78 is 0. The molecule has 0 heterocycles. The van der Waals surface area contributed by atoms with Gasteiger partial charge in [-0.15, -0.1) is 0 Å². The van der Waals surface area contributed by atoms with Crippen molar-refractivity contribution in [1.29, 1.82) is 0 Å². The molecule has 0 saturated carbocycles. The van der Waals surface area contributed by atoms with Crippen molar-refractivity contribution < 1.29 is 34.2 Å². The third-order valence-corrected chi connectivity index (χ3v) is 5.44. The maximum absolute atomic E-state index is 13.0. The van der Waals surface area contributed by atoms with Crippen molar-refractivity contribution in [3.05, 3.63) is 35.9 Å². The Kier molecular flexibility index (Phi) is 12.8. The Morgan fingerprint density at radius 1 is 0.886 bits per heavy atom. The second-order valence-corrected chi connectivity index (χ2v) is 8.93. The van der Waals surface area contributed by atoms with E-state index in [4.69, 9.17) is 10.8 Å². The number of carbonyl (C=O) groups is 5. The Morgan fingerprint density at radius 3 is 1.94 bits per heavy atom. The van der Waals surface area contributed by atoms with Gasteiger partial charge in [-0.2, -0.15) is 12.6 Å². The highest BCUT2D eigenvalue weighted by molar-refractivity contribution is 7.80. The third-order valence-electron chi connectivity index (χ3n) is 5.05. The van der Waals surface area contributed by atoms with E-state index in [-0.39, 0.29) is 30.9 Å². The Hall–Kier alpha value is -3.12. The predicted octanol–water partition coefficient (Wildman–Crippen LogP) is -0.0639. The Morgan fingerprint density at radius 2 is 1.43 bits per heavy atom. The summed E-state index contributed by atoms with van der Waals surface area (Å²) in [6.07, 6.45) is -0.491. The molecule has 7 N–H and O–H groups in total. The van der Waals surface area contributed by atoms with Crippen molar-refractivity contribution in [3.63, 3.8) is 0 Å². The van der Waals surface area contributed by atoms with Crippen molar-refractivity contribution in [2.75, 3.05) is 5.75 Å². The van der Waals surface area contributed by atoms with Gasteiger partial charge in [0, 0.05) is 18.6 Å². The molecule has 0 saturated heterocycles. The molecule has 0 radical (unpaired) electrons. The summed E-state index contributed by atoms with van der Waals surface area (Å²) in [5.74, 6) is -4.57. The zero-order valence-corrected chi connectivity index (χ0v) is 20.7. The number of nitrogens with one attached hydrogen (secondary N) is 3. The number of rotatable bonds is 15. The molecule has 4 atom stereocenters. The first kappa shape index (κ1) is 29.9. The lowest BCUT2D eigenvalue weighted by atomic mass is 10.0. The average molecular weight is 511 g/mol. The lowest BCUT2D eigenvalue weighted by Gasteiger charge is -2.25. The van der Waals surface area contributed by atoms with Crippen LogP contribution in [0.4, 0.5) is 0 Å². The first-order chi connectivity index (χ1) is 16.4. The van der Waals surface area contributed by atoms with Crippen LogP contribution < -0.4 is 21.7 Å². The van der Waals surface area contributed by atoms with E-state index in [9.17, 15) is 29.1 Å². The molecule has 0 aliphatic rings. The topological polar surface area (TPSA) is 188 Å². The lowest BCUT2D eigenvalue weighted by Crippen LogP contribution is -2.57. The second-order valence-electron chi connectivity index (χ2n) is 8.56. The van der Waals surface area contributed by atoms with Gasteiger partial charge in [0.2, 0.25) is 17.7 Å². The monoisotopic (exact) mass is 510 g/mol. The molecule has 194 valence electrons. The van der Waals surface area contributed by atoms with E-state index >= 15 is 0 Å². The fourth-order valence-corrected chi connectivity index (χ4v) is 3.36. The molecular formula is C23H34N4O7S. The molecule has 0 aliphatic carbocycles. The standard InChI is InChI=1S/C23H34N4O7S/c1-13(2)10-17(26-20(30)15(24)12-35)22(32)25-16(8-9-19(28)29)21(31)27-18(23(33)34)11-14-6-4-3-5-7-14/h3-7,13,15-18,35H,8-12,24H2,1-2H3,(H,25,32)(H,26,30)(H,27,31)(H,28,29)(H,33,34). The number of thiol groups is 1. The number of nitrogens with two attached hydrogens (primary N) is 1. The molecular weight excluding hydrogens is 476 g/mol. The minimum atomic E-state index is -1.33. The van der Waals surface area contributed by atoms with E-state index in [1.165, 1.54) is 0 Å². The number of benzene rings is 1. The van der Waals surface area contributed by atoms with Crippen LogP contribution in [0, 0.1) is 5.92 Å². The fraction of sp³-hybridized carbons (Fsp3) is 0.522. The SMILES string of the molecule is CC(C)CC(NC(=O)C(N)CS)C(=O)NC(CCC(=O)O)C(=O)NC(Cc1ccccc1)C(=O)O. The number of aliphatic carboxylic acids is 2. The summed E-state index contributed by atoms with van der Waals surface area (Å²) in [6.45, 7) is 3.67. The molecule has 12 heteroatoms. The molecule has 0 aromatic heterocycles. The maximum Gasteiger partial charge on any atom is 0.326 e. The van der Waals surface area contributed by atoms with Gasteiger partial charge in [0.25, 0.3) is 0 Å². The molecule has 0 aliphatic heterocycles. The van der Waals surface area contributed by atoms with Gasteiger partial charge in [0.15, 0.2) is 0 Å². The number of carbonyl (C=O) groups excluding carboxylic acids is 3. The van der Waals surface area contributed by atoms with Crippen LogP contribution in [0.1, 0.15) is 38.7 Å². The quantitative estimate of drug-likeness (QED) is 0.160. The van der Waals surface area contributed by atoms with Gasteiger partial charge in [-0.1, -0.05) is 44.2 Å². The van der Waals surface area contributed by atoms with Gasteiger partial charge in [-0.3, -0.25) is 19.2 Å². The normalized spacial score (nSPS) is 14.3. The molecule has 11 nitrogen and oxygen atoms in total. The van der Waals surface area contributed by atoms with E-state index < -0.39 is 60.2 Å². The Bertz CT molecular complexity index is 882. The molecule has 0 bridgehead atoms. The van der Waals surface area contributed by atoms with Crippen LogP contribution in [0.2, 0.25) is 0 Å². The minimum absolute atomic E-state index is 0.00480. The summed E-state index contributed by atoms with van der Waals surface area (Å²) in [5, 5.41) is 26.0. The molecule has 1 aromatic carbocycles. The van der Waals surface area contributed by atoms with E-state index in [0.717, 1.165) is 0 Å². The summed E-state index contributed by atoms with van der Waals surface area (Å²) in [4.78, 5) is 60.9. The van der Waals surface area contributed by atoms with Crippen LogP contribution in [-0.4, -0.2) is 69.8 Å². The lowest BCUT2D eigenvalue weighted by molar-refractivity contribution is -0.143. The highest BCUT2D eigenvalue weighted by Gasteiger charge is 2.31. The smallest absolute Gasteiger partial charge is 0.326 e. The van der Waals surface area contributed by atoms with Crippen LogP contribution in [0.3, 0.4) is 0 Å². The minimum Gasteiger partial charge on any atom is -0.481 e. The largest absolute Gasteiger partial charge is 0.481 e. The van der Waals surface area contributed by atoms with Crippen molar-refractivity contribution in [1.82, 2.24) is 16.0 Å². The molecule has 0 fully saturated rings. The fourth-order valence-electron chi connectivity index (χ4n) is 3.20. The molecule has 3 amide bonds. The van der Waals surface area contributed by atoms with Crippen molar-refractivity contribution in [2.24, 2.45) is 11.7 Å². The van der Waals surface area contributed by atoms with Gasteiger partial charge in [-0.25, -0.2) is 4.79 Å². The molecule has 35 heavy (non-hydrogen) atoms. The van der Waals surface area contributed by atoms with E-state index in [1.807, 2.05) is 13.8 Å². The van der Waals surface area contributed by atoms with E-state index in [2.05, 4.69) is 28.6 Å². The average Bonchev–Trinajstić information content (AvgIpc) is 2.80. The number of carboxylic acid groups (broad SMARTS) is 2. The summed E-state index contributed by atoms with van der Waals surface area (Å²) >= 11 is 3.97. The Labute approximate surface area is 209 Å². The van der Waals surface area contributed by atoms with Crippen LogP contribution in [0.25, 0.3) is 0 Å². The summed E-state index contributed by atoms with van der Waals surface area (Å²) in [5.41, 5.74) is 6.34. The molecule has 0 spiro atoms. The van der Waals surface area contributed by atoms with Crippen LogP contribution >= 0.6 is 12.6 Å². The molecule has 1 aromatic rings. The summed E-state index contributed by atoms with van der Waals surface area (Å²) in [6, 6.07) is 4.04. The first-order valence-electron chi connectivity index (χ1n) is 11.2. The van der Waals surface area contributed by atoms with Gasteiger partial charge in [0.05, 0.1) is 6.04 Å². The van der Waals surface area contributed by atoms with Crippen LogP contribution in [-0.2, 0) is 30.4 Å². The third kappa shape index (κ3) is 11.2. The van der Waals surface area contributed by atoms with Gasteiger partial charge in [-0.05, 0) is 24.3 Å². The van der Waals surface area contributed by atoms with Gasteiger partial charge >= 0.3 is 11.9 Å². The van der Waals surface area contributed by atoms with Gasteiger partial charge < -0.3 is 31.9 Å². The van der Waals surface area contributed by atoms with Gasteiger partial charge in [0.1, 0.15) is 18.1 Å². The zero-order chi connectivity index (χ0) is 26.5. The number of hydrogen-bond acceptors (Lipinski definition) is 7. The Balaban J connectivity index is 3.03. The van der Waals surface area contributed by atoms with Crippen molar-refractivity contribution >= 4 is 42.3 Å². The van der Waals surface area contributed by atoms with Crippen molar-refractivity contribution in [3.8, 4) is 0 Å². The second kappa shape index (κ2) is 15.0. The summed E-state index contributed by atoms with van der Waals surface area (Å²) in [7, 11) is 0. The van der Waals surface area contributed by atoms with E-state index in [0.29, 0.717) is 5.56 Å². The first-order valence-corrected chi connectivity index (χ1v) is 11.8. The number of amides is 3. The zero-order valence-electron chi connectivity index (χ0n) is 19.8. The van der Waals surface area contributed by atoms with Crippen LogP contribution in [0.15, 0.2) is 30.3 Å². The molecule has 1 rings (SSSR count). The number of hydrogen-bond donors (Lipinski definition) is 7. The van der Waals surface area contributed by atoms with Crippen molar-refractivity contribution in [2.45, 2.75) is 63.7 Å². The highest BCUT2D eigenvalue weighted by Crippen LogP contribution is 2.09. The highest BCUT2D eigenvalue weighted by atomic mass is 32.1.